The zero-order chi connectivity index (χ0) is 13.5. The van der Waals surface area contributed by atoms with Crippen LogP contribution in [0.4, 0.5) is 0 Å². The molecule has 0 heterocycles. The van der Waals surface area contributed by atoms with Crippen LogP contribution >= 0.6 is 0 Å². The Hall–Kier alpha value is -0.240. The van der Waals surface area contributed by atoms with Crippen LogP contribution in [0, 0.1) is 0 Å². The van der Waals surface area contributed by atoms with Crippen molar-refractivity contribution in [2.75, 3.05) is 6.61 Å². The van der Waals surface area contributed by atoms with Crippen LogP contribution in [-0.2, 0) is 19.9 Å². The van der Waals surface area contributed by atoms with E-state index in [4.69, 9.17) is 11.5 Å². The van der Waals surface area contributed by atoms with Crippen molar-refractivity contribution in [1.29, 1.82) is 0 Å². The van der Waals surface area contributed by atoms with Crippen molar-refractivity contribution in [2.45, 2.75) is 71.1 Å². The van der Waals surface area contributed by atoms with Gasteiger partial charge in [0.15, 0.2) is 6.35 Å². The van der Waals surface area contributed by atoms with E-state index in [1.807, 2.05) is 0 Å². The molecule has 0 aromatic carbocycles. The van der Waals surface area contributed by atoms with Gasteiger partial charge in [-0.3, -0.25) is 11.5 Å². The van der Waals surface area contributed by atoms with E-state index in [-0.39, 0.29) is 0 Å². The summed E-state index contributed by atoms with van der Waals surface area (Å²) in [5.74, 6) is 0. The highest BCUT2D eigenvalue weighted by molar-refractivity contribution is 4.46. The molecule has 0 amide bonds. The fraction of sp³-hybridized carbons (Fsp3) is 1.00. The number of nitrogens with two attached hydrogens (primary N) is 2. The minimum absolute atomic E-state index is 0.471. The smallest absolute Gasteiger partial charge is 0.195 e. The first-order valence-electron chi connectivity index (χ1n) is 6.90. The van der Waals surface area contributed by atoms with E-state index < -0.39 is 6.35 Å². The minimum Gasteiger partial charge on any atom is -0.291 e. The van der Waals surface area contributed by atoms with Gasteiger partial charge < -0.3 is 0 Å². The second kappa shape index (κ2) is 14.8. The highest BCUT2D eigenvalue weighted by Gasteiger charge is 1.96. The summed E-state index contributed by atoms with van der Waals surface area (Å²) >= 11 is 0. The van der Waals surface area contributed by atoms with Crippen molar-refractivity contribution in [3.05, 3.63) is 0 Å². The summed E-state index contributed by atoms with van der Waals surface area (Å²) in [5.41, 5.74) is 10.1. The summed E-state index contributed by atoms with van der Waals surface area (Å²) in [5, 5.41) is 8.34. The van der Waals surface area contributed by atoms with Gasteiger partial charge in [0.25, 0.3) is 0 Å². The van der Waals surface area contributed by atoms with Crippen LogP contribution < -0.4 is 11.5 Å². The van der Waals surface area contributed by atoms with E-state index in [1.165, 1.54) is 44.9 Å². The molecule has 0 bridgehead atoms. The molecule has 0 aliphatic carbocycles. The summed E-state index contributed by atoms with van der Waals surface area (Å²) in [6, 6.07) is 0. The quantitative estimate of drug-likeness (QED) is 0.217. The highest BCUT2D eigenvalue weighted by Crippen LogP contribution is 2.09. The largest absolute Gasteiger partial charge is 0.291 e. The first kappa shape index (κ1) is 17.8. The molecule has 0 rings (SSSR count). The first-order valence-corrected chi connectivity index (χ1v) is 6.90. The monoisotopic (exact) mass is 264 g/mol. The van der Waals surface area contributed by atoms with Gasteiger partial charge in [0.1, 0.15) is 0 Å². The average molecular weight is 264 g/mol. The van der Waals surface area contributed by atoms with Gasteiger partial charge in [-0.05, 0) is 16.5 Å². The predicted molar refractivity (Wildman–Crippen MR) is 68.6 cm³/mol. The highest BCUT2D eigenvalue weighted by atomic mass is 17.7. The topological polar surface area (TPSA) is 89.0 Å². The molecule has 0 spiro atoms. The third-order valence-electron chi connectivity index (χ3n) is 2.56. The Kier molecular flexibility index (Phi) is 14.6. The van der Waals surface area contributed by atoms with Crippen molar-refractivity contribution in [3.63, 3.8) is 0 Å². The van der Waals surface area contributed by atoms with Gasteiger partial charge in [-0.25, -0.2) is 4.89 Å². The third-order valence-corrected chi connectivity index (χ3v) is 2.56. The zero-order valence-corrected chi connectivity index (χ0v) is 11.4. The number of hydrogen-bond acceptors (Lipinski definition) is 6. The van der Waals surface area contributed by atoms with Gasteiger partial charge in [0.05, 0.1) is 6.61 Å². The van der Waals surface area contributed by atoms with Gasteiger partial charge in [-0.15, -0.1) is 0 Å². The van der Waals surface area contributed by atoms with Gasteiger partial charge in [-0.1, -0.05) is 58.3 Å². The molecule has 0 saturated carbocycles. The Bertz CT molecular complexity index is 159. The van der Waals surface area contributed by atoms with Crippen LogP contribution in [0.1, 0.15) is 64.7 Å². The summed E-state index contributed by atoms with van der Waals surface area (Å²) < 4.78 is 0. The van der Waals surface area contributed by atoms with E-state index in [0.29, 0.717) is 6.61 Å². The van der Waals surface area contributed by atoms with E-state index in [0.717, 1.165) is 12.8 Å². The van der Waals surface area contributed by atoms with Crippen molar-refractivity contribution in [2.24, 2.45) is 11.5 Å². The Morgan fingerprint density at radius 3 is 1.89 bits per heavy atom. The van der Waals surface area contributed by atoms with E-state index in [9.17, 15) is 0 Å². The maximum atomic E-state index is 5.03. The molecule has 18 heavy (non-hydrogen) atoms. The fourth-order valence-corrected chi connectivity index (χ4v) is 1.59. The first-order chi connectivity index (χ1) is 8.77. The Morgan fingerprint density at radius 1 is 0.778 bits per heavy atom. The van der Waals surface area contributed by atoms with Crippen LogP contribution in [0.3, 0.4) is 0 Å². The van der Waals surface area contributed by atoms with E-state index in [2.05, 4.69) is 26.8 Å². The number of unbranched alkanes of at least 4 members (excludes halogenated alkanes) is 8. The Morgan fingerprint density at radius 2 is 1.33 bits per heavy atom. The van der Waals surface area contributed by atoms with Crippen LogP contribution in [0.15, 0.2) is 0 Å². The van der Waals surface area contributed by atoms with Gasteiger partial charge >= 0.3 is 0 Å². The SMILES string of the molecule is CCCCCCCCCCCOOOOC(N)N. The molecule has 0 radical (unpaired) electrons. The molecule has 0 atom stereocenters. The van der Waals surface area contributed by atoms with Crippen LogP contribution in [-0.4, -0.2) is 13.0 Å². The molecule has 110 valence electrons. The molecule has 0 aromatic heterocycles. The lowest BCUT2D eigenvalue weighted by Gasteiger charge is -2.04. The van der Waals surface area contributed by atoms with Gasteiger partial charge in [-0.2, -0.15) is 4.89 Å². The molecular weight excluding hydrogens is 236 g/mol. The zero-order valence-electron chi connectivity index (χ0n) is 11.4. The summed E-state index contributed by atoms with van der Waals surface area (Å²) in [6.07, 6.45) is 10.3. The molecule has 0 unspecified atom stereocenters. The molecule has 0 aliphatic heterocycles. The molecule has 6 heteroatoms. The Balaban J connectivity index is 2.90. The standard InChI is InChI=1S/C12H28N2O4/c1-2-3-4-5-6-7-8-9-10-11-15-17-18-16-12(13)14/h12H,2-11,13-14H2,1H3. The van der Waals surface area contributed by atoms with Crippen LogP contribution in [0.2, 0.25) is 0 Å². The number of hydrogen-bond donors (Lipinski definition) is 2. The lowest BCUT2D eigenvalue weighted by Crippen LogP contribution is -2.33. The average Bonchev–Trinajstić information content (AvgIpc) is 2.34. The molecule has 4 N–H and O–H groups in total. The molecule has 0 fully saturated rings. The molecular formula is C12H28N2O4. The van der Waals surface area contributed by atoms with Gasteiger partial charge in [0, 0.05) is 0 Å². The van der Waals surface area contributed by atoms with Crippen molar-refractivity contribution < 1.29 is 19.9 Å². The van der Waals surface area contributed by atoms with E-state index in [1.54, 1.807) is 0 Å². The second-order valence-corrected chi connectivity index (χ2v) is 4.35. The van der Waals surface area contributed by atoms with Crippen molar-refractivity contribution in [3.8, 4) is 0 Å². The fourth-order valence-electron chi connectivity index (χ4n) is 1.59. The molecule has 6 nitrogen and oxygen atoms in total. The maximum Gasteiger partial charge on any atom is 0.195 e. The molecule has 0 aliphatic rings. The number of rotatable bonds is 14. The maximum absolute atomic E-state index is 5.03. The lowest BCUT2D eigenvalue weighted by atomic mass is 10.1. The molecule has 0 aromatic rings. The van der Waals surface area contributed by atoms with Crippen molar-refractivity contribution >= 4 is 0 Å². The normalized spacial score (nSPS) is 11.3. The predicted octanol–water partition coefficient (Wildman–Crippen LogP) is 2.53. The summed E-state index contributed by atoms with van der Waals surface area (Å²) in [7, 11) is 0. The van der Waals surface area contributed by atoms with Gasteiger partial charge in [0.2, 0.25) is 0 Å². The summed E-state index contributed by atoms with van der Waals surface area (Å²) in [6.45, 7) is 2.71. The third kappa shape index (κ3) is 15.8. The summed E-state index contributed by atoms with van der Waals surface area (Å²) in [4.78, 5) is 8.93. The van der Waals surface area contributed by atoms with Crippen LogP contribution in [0.5, 0.6) is 0 Å². The minimum atomic E-state index is -1.03. The van der Waals surface area contributed by atoms with E-state index >= 15 is 0 Å². The Labute approximate surface area is 110 Å². The molecule has 0 saturated heterocycles. The lowest BCUT2D eigenvalue weighted by molar-refractivity contribution is -0.641. The van der Waals surface area contributed by atoms with Crippen LogP contribution in [0.25, 0.3) is 0 Å². The van der Waals surface area contributed by atoms with Crippen molar-refractivity contribution in [1.82, 2.24) is 0 Å². The second-order valence-electron chi connectivity index (χ2n) is 4.35.